The minimum absolute atomic E-state index is 0.0891. The largest absolute Gasteiger partial charge is 0.458 e. The molecule has 2 unspecified atom stereocenters. The van der Waals surface area contributed by atoms with E-state index in [1.54, 1.807) is 0 Å². The zero-order valence-electron chi connectivity index (χ0n) is 16.0. The highest BCUT2D eigenvalue weighted by atomic mass is 16.6. The summed E-state index contributed by atoms with van der Waals surface area (Å²) in [6.45, 7) is 11.4. The van der Waals surface area contributed by atoms with E-state index >= 15 is 0 Å². The highest BCUT2D eigenvalue weighted by Gasteiger charge is 2.43. The number of benzene rings is 1. The van der Waals surface area contributed by atoms with Gasteiger partial charge in [0.15, 0.2) is 0 Å². The van der Waals surface area contributed by atoms with Gasteiger partial charge in [-0.15, -0.1) is 0 Å². The number of likely N-dealkylation sites (tertiary alicyclic amines) is 1. The van der Waals surface area contributed by atoms with Gasteiger partial charge in [0.2, 0.25) is 0 Å². The topological polar surface area (TPSA) is 55.8 Å². The van der Waals surface area contributed by atoms with Crippen molar-refractivity contribution in [3.05, 3.63) is 35.9 Å². The lowest BCUT2D eigenvalue weighted by Crippen LogP contribution is -2.45. The third-order valence-corrected chi connectivity index (χ3v) is 3.88. The summed E-state index contributed by atoms with van der Waals surface area (Å²) < 4.78 is 11.0. The summed E-state index contributed by atoms with van der Waals surface area (Å²) in [4.78, 5) is 26.8. The number of esters is 1. The van der Waals surface area contributed by atoms with E-state index in [1.807, 2.05) is 71.9 Å². The Morgan fingerprint density at radius 2 is 1.52 bits per heavy atom. The minimum atomic E-state index is -0.626. The Bertz CT molecular complexity index is 577. The number of nitrogens with zero attached hydrogens (tertiary/aromatic N) is 1. The van der Waals surface area contributed by atoms with Gasteiger partial charge in [-0.3, -0.25) is 4.90 Å². The van der Waals surface area contributed by atoms with Gasteiger partial charge in [0.05, 0.1) is 0 Å². The number of amides is 1. The maximum atomic E-state index is 12.6. The highest BCUT2D eigenvalue weighted by Crippen LogP contribution is 2.34. The lowest BCUT2D eigenvalue weighted by atomic mass is 9.96. The van der Waals surface area contributed by atoms with E-state index in [0.29, 0.717) is 13.0 Å². The second-order valence-corrected chi connectivity index (χ2v) is 8.53. The zero-order chi connectivity index (χ0) is 18.8. The number of rotatable bonds is 2. The summed E-state index contributed by atoms with van der Waals surface area (Å²) in [7, 11) is 0. The van der Waals surface area contributed by atoms with Crippen molar-refractivity contribution < 1.29 is 19.1 Å². The van der Waals surface area contributed by atoms with Gasteiger partial charge in [-0.2, -0.15) is 0 Å². The van der Waals surface area contributed by atoms with Crippen molar-refractivity contribution in [3.8, 4) is 0 Å². The summed E-state index contributed by atoms with van der Waals surface area (Å²) in [6, 6.07) is 9.31. The zero-order valence-corrected chi connectivity index (χ0v) is 16.0. The predicted molar refractivity (Wildman–Crippen MR) is 96.4 cm³/mol. The molecule has 1 saturated heterocycles. The van der Waals surface area contributed by atoms with E-state index in [2.05, 4.69) is 0 Å². The molecule has 1 aliphatic rings. The Kier molecular flexibility index (Phi) is 5.45. The van der Waals surface area contributed by atoms with Crippen LogP contribution in [0, 0.1) is 0 Å². The monoisotopic (exact) mass is 347 g/mol. The number of carbonyl (C=O) groups is 2. The fourth-order valence-corrected chi connectivity index (χ4v) is 2.92. The first-order valence-corrected chi connectivity index (χ1v) is 8.74. The summed E-state index contributed by atoms with van der Waals surface area (Å²) in [6.07, 6.45) is 0.0693. The van der Waals surface area contributed by atoms with Crippen LogP contribution in [0.5, 0.6) is 0 Å². The third kappa shape index (κ3) is 5.48. The van der Waals surface area contributed by atoms with Gasteiger partial charge in [-0.05, 0) is 53.5 Å². The average molecular weight is 347 g/mol. The van der Waals surface area contributed by atoms with E-state index < -0.39 is 23.3 Å². The second-order valence-electron chi connectivity index (χ2n) is 8.53. The van der Waals surface area contributed by atoms with Crippen LogP contribution < -0.4 is 0 Å². The molecular formula is C20H29NO4. The molecule has 0 saturated carbocycles. The summed E-state index contributed by atoms with van der Waals surface area (Å²) >= 11 is 0. The van der Waals surface area contributed by atoms with Crippen molar-refractivity contribution in [2.75, 3.05) is 6.54 Å². The predicted octanol–water partition coefficient (Wildman–Crippen LogP) is 4.12. The van der Waals surface area contributed by atoms with Crippen LogP contribution in [0.25, 0.3) is 0 Å². The maximum absolute atomic E-state index is 12.6. The Labute approximate surface area is 150 Å². The molecule has 2 atom stereocenters. The van der Waals surface area contributed by atoms with E-state index in [9.17, 15) is 9.59 Å². The first-order valence-electron chi connectivity index (χ1n) is 8.74. The summed E-state index contributed by atoms with van der Waals surface area (Å²) in [5, 5.41) is 0. The molecule has 2 rings (SSSR count). The molecule has 1 aromatic carbocycles. The van der Waals surface area contributed by atoms with E-state index in [4.69, 9.17) is 9.47 Å². The van der Waals surface area contributed by atoms with Crippen molar-refractivity contribution >= 4 is 12.1 Å². The first-order chi connectivity index (χ1) is 11.5. The van der Waals surface area contributed by atoms with Crippen LogP contribution in [0.15, 0.2) is 30.3 Å². The van der Waals surface area contributed by atoms with Gasteiger partial charge in [-0.1, -0.05) is 30.3 Å². The minimum Gasteiger partial charge on any atom is -0.458 e. The number of ether oxygens (including phenoxy) is 2. The van der Waals surface area contributed by atoms with Gasteiger partial charge in [-0.25, -0.2) is 9.59 Å². The summed E-state index contributed by atoms with van der Waals surface area (Å²) in [5.41, 5.74) is -0.0934. The van der Waals surface area contributed by atoms with E-state index in [-0.39, 0.29) is 11.9 Å². The fraction of sp³-hybridized carbons (Fsp3) is 0.600. The smallest absolute Gasteiger partial charge is 0.411 e. The SMILES string of the molecule is CC(C)(C)OC(=O)C1CC(c2ccccc2)CN1C(=O)OC(C)(C)C. The van der Waals surface area contributed by atoms with Crippen molar-refractivity contribution in [3.63, 3.8) is 0 Å². The molecule has 1 amide bonds. The molecule has 0 spiro atoms. The highest BCUT2D eigenvalue weighted by molar-refractivity contribution is 5.83. The Morgan fingerprint density at radius 3 is 2.04 bits per heavy atom. The fourth-order valence-electron chi connectivity index (χ4n) is 2.92. The van der Waals surface area contributed by atoms with Crippen LogP contribution in [0.1, 0.15) is 59.4 Å². The van der Waals surface area contributed by atoms with Crippen LogP contribution in [0.3, 0.4) is 0 Å². The number of hydrogen-bond donors (Lipinski definition) is 0. The molecule has 0 bridgehead atoms. The van der Waals surface area contributed by atoms with Gasteiger partial charge >= 0.3 is 12.1 Å². The maximum Gasteiger partial charge on any atom is 0.411 e. The lowest BCUT2D eigenvalue weighted by Gasteiger charge is -2.29. The van der Waals surface area contributed by atoms with Crippen LogP contribution in [0.4, 0.5) is 4.79 Å². The molecular weight excluding hydrogens is 318 g/mol. The van der Waals surface area contributed by atoms with E-state index in [0.717, 1.165) is 5.56 Å². The molecule has 0 radical (unpaired) electrons. The molecule has 0 aliphatic carbocycles. The molecule has 1 aliphatic heterocycles. The molecule has 0 N–H and O–H groups in total. The van der Waals surface area contributed by atoms with Crippen molar-refractivity contribution in [1.82, 2.24) is 4.90 Å². The molecule has 0 aromatic heterocycles. The first kappa shape index (κ1) is 19.3. The van der Waals surface area contributed by atoms with Crippen LogP contribution in [-0.4, -0.2) is 40.8 Å². The second kappa shape index (κ2) is 7.06. The third-order valence-electron chi connectivity index (χ3n) is 3.88. The molecule has 1 aromatic rings. The van der Waals surface area contributed by atoms with Gasteiger partial charge in [0.1, 0.15) is 17.2 Å². The molecule has 5 heteroatoms. The van der Waals surface area contributed by atoms with E-state index in [1.165, 1.54) is 4.90 Å². The van der Waals surface area contributed by atoms with Crippen LogP contribution >= 0.6 is 0 Å². The standard InChI is InChI=1S/C20H29NO4/c1-19(2,3)24-17(22)16-12-15(14-10-8-7-9-11-14)13-21(16)18(23)25-20(4,5)6/h7-11,15-16H,12-13H2,1-6H3. The van der Waals surface area contributed by atoms with Crippen LogP contribution in [-0.2, 0) is 14.3 Å². The van der Waals surface area contributed by atoms with Crippen LogP contribution in [0.2, 0.25) is 0 Å². The van der Waals surface area contributed by atoms with Crippen molar-refractivity contribution in [2.24, 2.45) is 0 Å². The Hall–Kier alpha value is -2.04. The van der Waals surface area contributed by atoms with Gasteiger partial charge < -0.3 is 9.47 Å². The Balaban J connectivity index is 2.22. The summed E-state index contributed by atoms with van der Waals surface area (Å²) in [5.74, 6) is -0.289. The molecule has 138 valence electrons. The molecule has 1 heterocycles. The Morgan fingerprint density at radius 1 is 0.960 bits per heavy atom. The lowest BCUT2D eigenvalue weighted by molar-refractivity contribution is -0.160. The average Bonchev–Trinajstić information content (AvgIpc) is 2.90. The van der Waals surface area contributed by atoms with Gasteiger partial charge in [0.25, 0.3) is 0 Å². The molecule has 25 heavy (non-hydrogen) atoms. The number of carbonyl (C=O) groups excluding carboxylic acids is 2. The number of hydrogen-bond acceptors (Lipinski definition) is 4. The molecule has 5 nitrogen and oxygen atoms in total. The molecule has 1 fully saturated rings. The quantitative estimate of drug-likeness (QED) is 0.755. The van der Waals surface area contributed by atoms with Crippen molar-refractivity contribution in [2.45, 2.75) is 71.1 Å². The van der Waals surface area contributed by atoms with Crippen molar-refractivity contribution in [1.29, 1.82) is 0 Å². The van der Waals surface area contributed by atoms with Gasteiger partial charge in [0, 0.05) is 12.5 Å². The normalized spacial score (nSPS) is 21.1.